The number of rotatable bonds is 8. The molecule has 3 heterocycles. The molecular weight excluding hydrogens is 372 g/mol. The van der Waals surface area contributed by atoms with Crippen molar-refractivity contribution in [3.8, 4) is 11.3 Å². The van der Waals surface area contributed by atoms with Crippen LogP contribution in [0.25, 0.3) is 22.5 Å². The Balaban J connectivity index is 1.65. The molecule has 5 nitrogen and oxygen atoms in total. The molecule has 0 radical (unpaired) electrons. The van der Waals surface area contributed by atoms with Gasteiger partial charge in [-0.1, -0.05) is 48.7 Å². The molecule has 3 rings (SSSR count). The van der Waals surface area contributed by atoms with Crippen LogP contribution < -0.4 is 5.32 Å². The van der Waals surface area contributed by atoms with Crippen molar-refractivity contribution in [2.75, 3.05) is 0 Å². The first-order valence-electron chi connectivity index (χ1n) is 9.72. The molecule has 0 aromatic carbocycles. The van der Waals surface area contributed by atoms with Gasteiger partial charge in [-0.2, -0.15) is 0 Å². The molecule has 0 aliphatic heterocycles. The molecule has 5 heteroatoms. The van der Waals surface area contributed by atoms with E-state index in [0.717, 1.165) is 33.7 Å². The first-order chi connectivity index (χ1) is 14.5. The quantitative estimate of drug-likeness (QED) is 0.496. The summed E-state index contributed by atoms with van der Waals surface area (Å²) >= 11 is 0. The Morgan fingerprint density at radius 2 is 2.00 bits per heavy atom. The van der Waals surface area contributed by atoms with Crippen molar-refractivity contribution in [2.24, 2.45) is 0 Å². The van der Waals surface area contributed by atoms with Crippen LogP contribution in [-0.4, -0.2) is 15.1 Å². The third-order valence-corrected chi connectivity index (χ3v) is 4.61. The van der Waals surface area contributed by atoms with Gasteiger partial charge in [-0.05, 0) is 49.6 Å². The lowest BCUT2D eigenvalue weighted by Gasteiger charge is -2.10. The second-order valence-electron chi connectivity index (χ2n) is 7.07. The summed E-state index contributed by atoms with van der Waals surface area (Å²) in [5, 5.41) is 7.42. The normalized spacial score (nSPS) is 11.6. The maximum atomic E-state index is 5.43. The van der Waals surface area contributed by atoms with Crippen molar-refractivity contribution in [3.05, 3.63) is 102 Å². The average molecular weight is 399 g/mol. The minimum atomic E-state index is 0.599. The summed E-state index contributed by atoms with van der Waals surface area (Å²) in [6.45, 7) is 14.3. The molecule has 0 atom stereocenters. The van der Waals surface area contributed by atoms with E-state index in [4.69, 9.17) is 4.52 Å². The fourth-order valence-corrected chi connectivity index (χ4v) is 2.99. The summed E-state index contributed by atoms with van der Waals surface area (Å²) in [6, 6.07) is 8.03. The number of hydrogen-bond donors (Lipinski definition) is 1. The predicted molar refractivity (Wildman–Crippen MR) is 122 cm³/mol. The molecule has 0 saturated carbocycles. The van der Waals surface area contributed by atoms with Gasteiger partial charge in [-0.15, -0.1) is 0 Å². The Hall–Kier alpha value is -3.73. The molecule has 30 heavy (non-hydrogen) atoms. The Bertz CT molecular complexity index is 1120. The summed E-state index contributed by atoms with van der Waals surface area (Å²) < 4.78 is 5.43. The first kappa shape index (κ1) is 21.0. The zero-order valence-corrected chi connectivity index (χ0v) is 17.6. The van der Waals surface area contributed by atoms with Crippen LogP contribution in [-0.2, 0) is 6.54 Å². The van der Waals surface area contributed by atoms with Gasteiger partial charge in [-0.3, -0.25) is 9.97 Å². The molecule has 0 aliphatic carbocycles. The van der Waals surface area contributed by atoms with E-state index in [0.29, 0.717) is 23.7 Å². The highest BCUT2D eigenvalue weighted by Gasteiger charge is 2.10. The van der Waals surface area contributed by atoms with Gasteiger partial charge < -0.3 is 9.84 Å². The third-order valence-electron chi connectivity index (χ3n) is 4.61. The molecule has 0 unspecified atom stereocenters. The highest BCUT2D eigenvalue weighted by atomic mass is 16.5. The third kappa shape index (κ3) is 5.20. The molecule has 0 amide bonds. The van der Waals surface area contributed by atoms with Gasteiger partial charge in [0, 0.05) is 36.3 Å². The number of nitrogens with zero attached hydrogens (tertiary/aromatic N) is 3. The number of pyridine rings is 2. The van der Waals surface area contributed by atoms with Crippen LogP contribution in [0.3, 0.4) is 0 Å². The van der Waals surface area contributed by atoms with Crippen molar-refractivity contribution in [1.29, 1.82) is 0 Å². The van der Waals surface area contributed by atoms with Crippen molar-refractivity contribution >= 4 is 11.3 Å². The van der Waals surface area contributed by atoms with E-state index < -0.39 is 0 Å². The van der Waals surface area contributed by atoms with E-state index in [-0.39, 0.29) is 0 Å². The minimum absolute atomic E-state index is 0.599. The number of aromatic nitrogens is 3. The molecule has 0 saturated heterocycles. The van der Waals surface area contributed by atoms with Gasteiger partial charge in [0.2, 0.25) is 0 Å². The molecule has 0 spiro atoms. The average Bonchev–Trinajstić information content (AvgIpc) is 3.23. The lowest BCUT2D eigenvalue weighted by Crippen LogP contribution is -2.11. The number of nitrogens with one attached hydrogen (secondary N) is 1. The van der Waals surface area contributed by atoms with E-state index in [2.05, 4.69) is 46.6 Å². The van der Waals surface area contributed by atoms with Crippen molar-refractivity contribution in [1.82, 2.24) is 20.4 Å². The molecule has 3 aromatic heterocycles. The van der Waals surface area contributed by atoms with Gasteiger partial charge in [0.05, 0.1) is 11.4 Å². The van der Waals surface area contributed by atoms with E-state index in [1.165, 1.54) is 0 Å². The topological polar surface area (TPSA) is 63.8 Å². The number of allylic oxidation sites excluding steroid dienone is 5. The van der Waals surface area contributed by atoms with Crippen molar-refractivity contribution in [3.63, 3.8) is 0 Å². The van der Waals surface area contributed by atoms with Gasteiger partial charge >= 0.3 is 0 Å². The Morgan fingerprint density at radius 1 is 1.17 bits per heavy atom. The van der Waals surface area contributed by atoms with Crippen molar-refractivity contribution < 1.29 is 4.52 Å². The van der Waals surface area contributed by atoms with Crippen LogP contribution in [0.2, 0.25) is 0 Å². The van der Waals surface area contributed by atoms with Crippen LogP contribution in [0.1, 0.15) is 35.2 Å². The van der Waals surface area contributed by atoms with Crippen LogP contribution >= 0.6 is 0 Å². The second kappa shape index (κ2) is 9.65. The van der Waals surface area contributed by atoms with Crippen LogP contribution in [0, 0.1) is 13.8 Å². The Morgan fingerprint density at radius 3 is 2.73 bits per heavy atom. The predicted octanol–water partition coefficient (Wildman–Crippen LogP) is 5.65. The lowest BCUT2D eigenvalue weighted by atomic mass is 10.1. The molecule has 0 fully saturated rings. The van der Waals surface area contributed by atoms with Crippen LogP contribution in [0.5, 0.6) is 0 Å². The maximum Gasteiger partial charge on any atom is 0.163 e. The van der Waals surface area contributed by atoms with Gasteiger partial charge in [-0.25, -0.2) is 0 Å². The molecular formula is C25H26N4O. The highest BCUT2D eigenvalue weighted by molar-refractivity contribution is 5.66. The van der Waals surface area contributed by atoms with E-state index in [1.807, 2.05) is 62.7 Å². The zero-order valence-electron chi connectivity index (χ0n) is 17.6. The lowest BCUT2D eigenvalue weighted by molar-refractivity contribution is 0.407. The molecule has 1 N–H and O–H groups in total. The minimum Gasteiger partial charge on any atom is -0.380 e. The van der Waals surface area contributed by atoms with Crippen molar-refractivity contribution in [2.45, 2.75) is 27.3 Å². The Labute approximate surface area is 177 Å². The van der Waals surface area contributed by atoms with Gasteiger partial charge in [0.15, 0.2) is 5.76 Å². The van der Waals surface area contributed by atoms with Gasteiger partial charge in [0.25, 0.3) is 0 Å². The first-order valence-corrected chi connectivity index (χ1v) is 9.72. The largest absolute Gasteiger partial charge is 0.380 e. The van der Waals surface area contributed by atoms with Gasteiger partial charge in [0.1, 0.15) is 5.69 Å². The monoisotopic (exact) mass is 398 g/mol. The van der Waals surface area contributed by atoms with Crippen LogP contribution in [0.15, 0.2) is 78.6 Å². The summed E-state index contributed by atoms with van der Waals surface area (Å²) in [6.07, 6.45) is 11.1. The maximum absolute atomic E-state index is 5.43. The SMILES string of the molecule is C=C/C=C\C=C(/C)c1cc(C(=C)NCc2cnc(-c3ccnc(C)c3)c(C)c2)no1. The Kier molecular flexibility index (Phi) is 6.75. The summed E-state index contributed by atoms with van der Waals surface area (Å²) in [5.41, 5.74) is 7.55. The highest BCUT2D eigenvalue weighted by Crippen LogP contribution is 2.22. The van der Waals surface area contributed by atoms with E-state index >= 15 is 0 Å². The molecule has 152 valence electrons. The smallest absolute Gasteiger partial charge is 0.163 e. The molecule has 0 bridgehead atoms. The number of hydrogen-bond acceptors (Lipinski definition) is 5. The zero-order chi connectivity index (χ0) is 21.5. The van der Waals surface area contributed by atoms with E-state index in [9.17, 15) is 0 Å². The molecule has 3 aromatic rings. The summed E-state index contributed by atoms with van der Waals surface area (Å²) in [5.74, 6) is 0.705. The molecule has 0 aliphatic rings. The fraction of sp³-hybridized carbons (Fsp3) is 0.160. The second-order valence-corrected chi connectivity index (χ2v) is 7.07. The van der Waals surface area contributed by atoms with E-state index in [1.54, 1.807) is 6.08 Å². The number of aryl methyl sites for hydroxylation is 2. The summed E-state index contributed by atoms with van der Waals surface area (Å²) in [7, 11) is 0. The van der Waals surface area contributed by atoms with Crippen LogP contribution in [0.4, 0.5) is 0 Å². The fourth-order valence-electron chi connectivity index (χ4n) is 2.99. The summed E-state index contributed by atoms with van der Waals surface area (Å²) in [4.78, 5) is 8.90. The standard InChI is InChI=1S/C25H26N4O/c1-6-7-8-9-17(2)24-14-23(29-30-24)20(5)27-15-21-12-18(3)25(28-16-21)22-10-11-26-19(4)13-22/h6-14,16,27H,1,5,15H2,2-4H3/b8-7-,17-9+.